The van der Waals surface area contributed by atoms with Crippen molar-refractivity contribution in [3.8, 4) is 5.75 Å². The fourth-order valence-corrected chi connectivity index (χ4v) is 3.21. The summed E-state index contributed by atoms with van der Waals surface area (Å²) in [6.45, 7) is 4.77. The highest BCUT2D eigenvalue weighted by atomic mass is 19.4. The molecule has 0 atom stereocenters. The van der Waals surface area contributed by atoms with Gasteiger partial charge in [-0.05, 0) is 36.8 Å². The van der Waals surface area contributed by atoms with Gasteiger partial charge in [0, 0.05) is 50.3 Å². The van der Waals surface area contributed by atoms with Gasteiger partial charge in [-0.3, -0.25) is 4.79 Å². The van der Waals surface area contributed by atoms with Gasteiger partial charge in [-0.15, -0.1) is 0 Å². The van der Waals surface area contributed by atoms with Gasteiger partial charge in [-0.2, -0.15) is 26.3 Å². The number of alkyl halides is 6. The van der Waals surface area contributed by atoms with Crippen molar-refractivity contribution < 1.29 is 56.0 Å². The molecule has 3 aromatic rings. The Balaban J connectivity index is 0.000000317. The third-order valence-corrected chi connectivity index (χ3v) is 5.08. The second-order valence-corrected chi connectivity index (χ2v) is 8.00. The van der Waals surface area contributed by atoms with Crippen LogP contribution in [-0.4, -0.2) is 86.0 Å². The Morgan fingerprint density at radius 3 is 1.90 bits per heavy atom. The Bertz CT molecular complexity index is 1290. The molecule has 1 aliphatic rings. The molecule has 39 heavy (non-hydrogen) atoms. The second-order valence-electron chi connectivity index (χ2n) is 8.00. The van der Waals surface area contributed by atoms with Crippen molar-refractivity contribution in [3.63, 3.8) is 0 Å². The average Bonchev–Trinajstić information content (AvgIpc) is 3.26. The van der Waals surface area contributed by atoms with E-state index in [4.69, 9.17) is 19.8 Å². The molecule has 0 unspecified atom stereocenters. The molecular formula is C23H22F6N4O6. The highest BCUT2D eigenvalue weighted by Gasteiger charge is 2.38. The number of rotatable bonds is 2. The Morgan fingerprint density at radius 1 is 0.872 bits per heavy atom. The number of carbonyl (C=O) groups is 3. The minimum Gasteiger partial charge on any atom is -0.508 e. The van der Waals surface area contributed by atoms with Gasteiger partial charge in [0.05, 0.1) is 0 Å². The number of anilines is 1. The minimum atomic E-state index is -5.08. The number of piperazine rings is 1. The number of halogens is 6. The maximum Gasteiger partial charge on any atom is 0.490 e. The number of aryl methyl sites for hydroxylation is 1. The van der Waals surface area contributed by atoms with E-state index in [9.17, 15) is 36.2 Å². The van der Waals surface area contributed by atoms with Gasteiger partial charge in [0.1, 0.15) is 17.1 Å². The number of aliphatic carboxylic acids is 2. The number of aromatic nitrogens is 2. The molecular weight excluding hydrogens is 542 g/mol. The first-order valence-corrected chi connectivity index (χ1v) is 10.9. The van der Waals surface area contributed by atoms with Crippen LogP contribution in [0.1, 0.15) is 16.1 Å². The summed E-state index contributed by atoms with van der Waals surface area (Å²) in [5.74, 6) is -5.28. The first kappa shape index (κ1) is 30.7. The van der Waals surface area contributed by atoms with Crippen LogP contribution < -0.4 is 4.90 Å². The number of pyridine rings is 1. The van der Waals surface area contributed by atoms with Crippen molar-refractivity contribution in [2.45, 2.75) is 19.3 Å². The van der Waals surface area contributed by atoms with E-state index in [2.05, 4.69) is 9.88 Å². The third-order valence-electron chi connectivity index (χ3n) is 5.08. The summed E-state index contributed by atoms with van der Waals surface area (Å²) >= 11 is 0. The number of hydrogen-bond acceptors (Lipinski definition) is 6. The van der Waals surface area contributed by atoms with Gasteiger partial charge in [0.2, 0.25) is 0 Å². The average molecular weight is 564 g/mol. The number of hydrogen-bond donors (Lipinski definition) is 3. The van der Waals surface area contributed by atoms with Crippen LogP contribution in [0.15, 0.2) is 48.8 Å². The molecule has 3 heterocycles. The topological polar surface area (TPSA) is 136 Å². The lowest BCUT2D eigenvalue weighted by molar-refractivity contribution is -0.193. The van der Waals surface area contributed by atoms with Crippen molar-refractivity contribution in [2.24, 2.45) is 0 Å². The number of amides is 1. The van der Waals surface area contributed by atoms with E-state index in [0.29, 0.717) is 18.8 Å². The number of imidazole rings is 1. The standard InChI is InChI=1S/C19H20N4O2.2C2HF3O2/c1-14-5-6-23-13-17(20-18(23)11-14)19(25)22-9-7-21(8-10-22)15-3-2-4-16(24)12-15;2*3-2(4,5)1(6)7/h2-6,11-13,24H,7-10H2,1H3;2*(H,6,7). The fraction of sp³-hybridized carbons (Fsp3) is 0.304. The number of aromatic hydroxyl groups is 1. The van der Waals surface area contributed by atoms with Crippen molar-refractivity contribution in [3.05, 3.63) is 60.0 Å². The van der Waals surface area contributed by atoms with Gasteiger partial charge in [0.15, 0.2) is 0 Å². The number of nitrogens with zero attached hydrogens (tertiary/aromatic N) is 4. The van der Waals surface area contributed by atoms with Crippen LogP contribution in [0.25, 0.3) is 5.65 Å². The Kier molecular flexibility index (Phi) is 9.74. The van der Waals surface area contributed by atoms with Crippen LogP contribution in [-0.2, 0) is 9.59 Å². The smallest absolute Gasteiger partial charge is 0.490 e. The molecule has 1 saturated heterocycles. The maximum absolute atomic E-state index is 12.7. The number of carboxylic acids is 2. The summed E-state index contributed by atoms with van der Waals surface area (Å²) < 4.78 is 65.4. The van der Waals surface area contributed by atoms with Gasteiger partial charge < -0.3 is 29.5 Å². The maximum atomic E-state index is 12.7. The number of carbonyl (C=O) groups excluding carboxylic acids is 1. The van der Waals surface area contributed by atoms with Crippen LogP contribution in [0.4, 0.5) is 32.0 Å². The van der Waals surface area contributed by atoms with E-state index in [-0.39, 0.29) is 11.7 Å². The summed E-state index contributed by atoms with van der Waals surface area (Å²) in [6, 6.07) is 11.2. The van der Waals surface area contributed by atoms with E-state index in [0.717, 1.165) is 30.0 Å². The minimum absolute atomic E-state index is 0.0306. The zero-order chi connectivity index (χ0) is 29.5. The van der Waals surface area contributed by atoms with Gasteiger partial charge in [0.25, 0.3) is 5.91 Å². The number of fused-ring (bicyclic) bond motifs is 1. The van der Waals surface area contributed by atoms with Crippen molar-refractivity contribution >= 4 is 29.2 Å². The molecule has 0 radical (unpaired) electrons. The first-order chi connectivity index (χ1) is 18.0. The molecule has 1 amide bonds. The molecule has 16 heteroatoms. The van der Waals surface area contributed by atoms with E-state index >= 15 is 0 Å². The van der Waals surface area contributed by atoms with Crippen LogP contribution in [0.2, 0.25) is 0 Å². The number of phenolic OH excluding ortho intramolecular Hbond substituents is 1. The lowest BCUT2D eigenvalue weighted by Gasteiger charge is -2.35. The first-order valence-electron chi connectivity index (χ1n) is 10.9. The molecule has 212 valence electrons. The van der Waals surface area contributed by atoms with Crippen LogP contribution >= 0.6 is 0 Å². The van der Waals surface area contributed by atoms with Crippen LogP contribution in [0, 0.1) is 6.92 Å². The molecule has 10 nitrogen and oxygen atoms in total. The SMILES string of the molecule is Cc1ccn2cc(C(=O)N3CCN(c4cccc(O)c4)CC3)nc2c1.O=C(O)C(F)(F)F.O=C(O)C(F)(F)F. The number of carboxylic acid groups (broad SMARTS) is 2. The van der Waals surface area contributed by atoms with E-state index in [1.54, 1.807) is 18.3 Å². The fourth-order valence-electron chi connectivity index (χ4n) is 3.21. The van der Waals surface area contributed by atoms with E-state index in [1.807, 2.05) is 46.7 Å². The number of benzene rings is 1. The van der Waals surface area contributed by atoms with Crippen LogP contribution in [0.3, 0.4) is 0 Å². The van der Waals surface area contributed by atoms with Crippen LogP contribution in [0.5, 0.6) is 5.75 Å². The molecule has 0 aliphatic carbocycles. The van der Waals surface area contributed by atoms with E-state index < -0.39 is 24.3 Å². The highest BCUT2D eigenvalue weighted by molar-refractivity contribution is 5.93. The van der Waals surface area contributed by atoms with Crippen molar-refractivity contribution in [1.82, 2.24) is 14.3 Å². The Hall–Kier alpha value is -4.50. The molecule has 1 aromatic carbocycles. The Morgan fingerprint density at radius 2 is 1.41 bits per heavy atom. The molecule has 3 N–H and O–H groups in total. The Labute approximate surface area is 216 Å². The lowest BCUT2D eigenvalue weighted by atomic mass is 10.2. The summed E-state index contributed by atoms with van der Waals surface area (Å²) in [7, 11) is 0. The van der Waals surface area contributed by atoms with E-state index in [1.165, 1.54) is 0 Å². The third kappa shape index (κ3) is 9.08. The zero-order valence-electron chi connectivity index (χ0n) is 20.1. The summed E-state index contributed by atoms with van der Waals surface area (Å²) in [4.78, 5) is 39.0. The second kappa shape index (κ2) is 12.4. The molecule has 1 fully saturated rings. The monoisotopic (exact) mass is 564 g/mol. The van der Waals surface area contributed by atoms with Crippen molar-refractivity contribution in [1.29, 1.82) is 0 Å². The summed E-state index contributed by atoms with van der Waals surface area (Å²) in [5.41, 5.74) is 3.38. The van der Waals surface area contributed by atoms with Gasteiger partial charge >= 0.3 is 24.3 Å². The summed E-state index contributed by atoms with van der Waals surface area (Å²) in [6.07, 6.45) is -6.45. The summed E-state index contributed by atoms with van der Waals surface area (Å²) in [5, 5.41) is 23.9. The number of phenols is 1. The quantitative estimate of drug-likeness (QED) is 0.402. The van der Waals surface area contributed by atoms with Gasteiger partial charge in [-0.1, -0.05) is 6.07 Å². The predicted molar refractivity (Wildman–Crippen MR) is 124 cm³/mol. The van der Waals surface area contributed by atoms with Gasteiger partial charge in [-0.25, -0.2) is 14.6 Å². The zero-order valence-corrected chi connectivity index (χ0v) is 20.1. The molecule has 0 bridgehead atoms. The predicted octanol–water partition coefficient (Wildman–Crippen LogP) is 3.58. The molecule has 1 aliphatic heterocycles. The largest absolute Gasteiger partial charge is 0.508 e. The molecule has 0 spiro atoms. The molecule has 4 rings (SSSR count). The van der Waals surface area contributed by atoms with Crippen molar-refractivity contribution in [2.75, 3.05) is 31.1 Å². The molecule has 0 saturated carbocycles. The molecule has 2 aromatic heterocycles. The highest BCUT2D eigenvalue weighted by Crippen LogP contribution is 2.22. The normalized spacial score (nSPS) is 13.6. The lowest BCUT2D eigenvalue weighted by Crippen LogP contribution is -2.48.